The molecule has 4 nitrogen and oxygen atoms in total. The van der Waals surface area contributed by atoms with Crippen molar-refractivity contribution in [2.45, 2.75) is 26.3 Å². The molecule has 0 heterocycles. The summed E-state index contributed by atoms with van der Waals surface area (Å²) in [4.78, 5) is 22.7. The van der Waals surface area contributed by atoms with Crippen LogP contribution in [0, 0.1) is 0 Å². The summed E-state index contributed by atoms with van der Waals surface area (Å²) >= 11 is 3.19. The molecule has 17 heavy (non-hydrogen) atoms. The van der Waals surface area contributed by atoms with Gasteiger partial charge in [0.25, 0.3) is 5.91 Å². The van der Waals surface area contributed by atoms with Crippen LogP contribution in [-0.2, 0) is 0 Å². The van der Waals surface area contributed by atoms with E-state index in [2.05, 4.69) is 21.2 Å². The number of carboxylic acid groups (broad SMARTS) is 1. The third kappa shape index (κ3) is 3.85. The Hall–Kier alpha value is -1.36. The number of carboxylic acids is 1. The summed E-state index contributed by atoms with van der Waals surface area (Å²) in [6, 6.07) is 4.49. The van der Waals surface area contributed by atoms with Crippen LogP contribution >= 0.6 is 15.9 Å². The first-order valence-electron chi connectivity index (χ1n) is 5.28. The van der Waals surface area contributed by atoms with Gasteiger partial charge in [0.2, 0.25) is 0 Å². The normalized spacial score (nSPS) is 11.9. The van der Waals surface area contributed by atoms with Crippen LogP contribution in [-0.4, -0.2) is 23.0 Å². The number of aromatic carboxylic acids is 1. The third-order valence-electron chi connectivity index (χ3n) is 2.40. The molecule has 92 valence electrons. The topological polar surface area (TPSA) is 66.4 Å². The molecule has 0 aliphatic rings. The molecule has 2 N–H and O–H groups in total. The lowest BCUT2D eigenvalue weighted by Gasteiger charge is -2.11. The molecule has 0 aliphatic carbocycles. The van der Waals surface area contributed by atoms with Crippen molar-refractivity contribution in [2.75, 3.05) is 0 Å². The standard InChI is InChI=1S/C12H14BrNO3/c1-3-7(2)14-11(15)8-4-9(12(16)17)6-10(13)5-8/h4-7H,3H2,1-2H3,(H,14,15)(H,16,17). The van der Waals surface area contributed by atoms with Crippen LogP contribution in [0.2, 0.25) is 0 Å². The van der Waals surface area contributed by atoms with Crippen LogP contribution in [0.4, 0.5) is 0 Å². The molecule has 5 heteroatoms. The van der Waals surface area contributed by atoms with Crippen molar-refractivity contribution < 1.29 is 14.7 Å². The van der Waals surface area contributed by atoms with E-state index in [0.29, 0.717) is 10.0 Å². The fourth-order valence-electron chi connectivity index (χ4n) is 1.25. The number of halogens is 1. The van der Waals surface area contributed by atoms with Gasteiger partial charge in [0.1, 0.15) is 0 Å². The Balaban J connectivity index is 2.97. The zero-order valence-corrected chi connectivity index (χ0v) is 11.2. The fourth-order valence-corrected chi connectivity index (χ4v) is 1.75. The van der Waals surface area contributed by atoms with Gasteiger partial charge in [-0.2, -0.15) is 0 Å². The van der Waals surface area contributed by atoms with Crippen molar-refractivity contribution in [3.05, 3.63) is 33.8 Å². The SMILES string of the molecule is CCC(C)NC(=O)c1cc(Br)cc(C(=O)O)c1. The minimum Gasteiger partial charge on any atom is -0.478 e. The summed E-state index contributed by atoms with van der Waals surface area (Å²) in [7, 11) is 0. The molecule has 0 aliphatic heterocycles. The maximum absolute atomic E-state index is 11.8. The maximum Gasteiger partial charge on any atom is 0.335 e. The molecular formula is C12H14BrNO3. The first kappa shape index (κ1) is 13.7. The monoisotopic (exact) mass is 299 g/mol. The average Bonchev–Trinajstić information content (AvgIpc) is 2.27. The van der Waals surface area contributed by atoms with Crippen LogP contribution in [0.5, 0.6) is 0 Å². The summed E-state index contributed by atoms with van der Waals surface area (Å²) in [5.74, 6) is -1.31. The molecule has 1 atom stereocenters. The van der Waals surface area contributed by atoms with Gasteiger partial charge in [-0.25, -0.2) is 4.79 Å². The highest BCUT2D eigenvalue weighted by Gasteiger charge is 2.12. The smallest absolute Gasteiger partial charge is 0.335 e. The molecule has 1 rings (SSSR count). The second kappa shape index (κ2) is 5.82. The van der Waals surface area contributed by atoms with E-state index in [1.807, 2.05) is 13.8 Å². The van der Waals surface area contributed by atoms with Crippen molar-refractivity contribution in [3.8, 4) is 0 Å². The number of hydrogen-bond donors (Lipinski definition) is 2. The predicted octanol–water partition coefficient (Wildman–Crippen LogP) is 2.68. The van der Waals surface area contributed by atoms with Crippen LogP contribution < -0.4 is 5.32 Å². The molecule has 1 aromatic carbocycles. The van der Waals surface area contributed by atoms with Gasteiger partial charge in [0.05, 0.1) is 5.56 Å². The fraction of sp³-hybridized carbons (Fsp3) is 0.333. The summed E-state index contributed by atoms with van der Waals surface area (Å²) in [5.41, 5.74) is 0.436. The van der Waals surface area contributed by atoms with E-state index in [1.165, 1.54) is 12.1 Å². The first-order valence-corrected chi connectivity index (χ1v) is 6.08. The van der Waals surface area contributed by atoms with Gasteiger partial charge in [-0.3, -0.25) is 4.79 Å². The molecule has 0 radical (unpaired) electrons. The number of rotatable bonds is 4. The van der Waals surface area contributed by atoms with Crippen LogP contribution in [0.25, 0.3) is 0 Å². The first-order chi connectivity index (χ1) is 7.93. The Kier molecular flexibility index (Phi) is 4.69. The molecule has 0 bridgehead atoms. The second-order valence-electron chi connectivity index (χ2n) is 3.82. The number of nitrogens with one attached hydrogen (secondary N) is 1. The Morgan fingerprint density at radius 1 is 1.35 bits per heavy atom. The molecular weight excluding hydrogens is 286 g/mol. The molecule has 1 unspecified atom stereocenters. The number of amides is 1. The summed E-state index contributed by atoms with van der Waals surface area (Å²) < 4.78 is 0.576. The number of hydrogen-bond acceptors (Lipinski definition) is 2. The van der Waals surface area contributed by atoms with Crippen LogP contribution in [0.1, 0.15) is 41.0 Å². The highest BCUT2D eigenvalue weighted by Crippen LogP contribution is 2.16. The van der Waals surface area contributed by atoms with E-state index in [0.717, 1.165) is 6.42 Å². The zero-order chi connectivity index (χ0) is 13.0. The van der Waals surface area contributed by atoms with E-state index >= 15 is 0 Å². The third-order valence-corrected chi connectivity index (χ3v) is 2.85. The number of carbonyl (C=O) groups excluding carboxylic acids is 1. The lowest BCUT2D eigenvalue weighted by atomic mass is 10.1. The lowest BCUT2D eigenvalue weighted by molar-refractivity contribution is 0.0697. The van der Waals surface area contributed by atoms with E-state index in [4.69, 9.17) is 5.11 Å². The molecule has 1 aromatic rings. The van der Waals surface area contributed by atoms with Gasteiger partial charge >= 0.3 is 5.97 Å². The molecule has 0 saturated heterocycles. The number of benzene rings is 1. The Labute approximate surface area is 108 Å². The molecule has 0 saturated carbocycles. The summed E-state index contributed by atoms with van der Waals surface area (Å²) in [5, 5.41) is 11.7. The quantitative estimate of drug-likeness (QED) is 0.898. The van der Waals surface area contributed by atoms with Crippen molar-refractivity contribution in [1.82, 2.24) is 5.32 Å². The predicted molar refractivity (Wildman–Crippen MR) is 68.3 cm³/mol. The van der Waals surface area contributed by atoms with Crippen LogP contribution in [0.3, 0.4) is 0 Å². The van der Waals surface area contributed by atoms with Crippen molar-refractivity contribution in [2.24, 2.45) is 0 Å². The van der Waals surface area contributed by atoms with E-state index in [1.54, 1.807) is 6.07 Å². The minimum atomic E-state index is -1.05. The molecule has 1 amide bonds. The number of carbonyl (C=O) groups is 2. The lowest BCUT2D eigenvalue weighted by Crippen LogP contribution is -2.32. The van der Waals surface area contributed by atoms with Crippen molar-refractivity contribution in [3.63, 3.8) is 0 Å². The highest BCUT2D eigenvalue weighted by atomic mass is 79.9. The van der Waals surface area contributed by atoms with Crippen molar-refractivity contribution >= 4 is 27.8 Å². The molecule has 0 aromatic heterocycles. The minimum absolute atomic E-state index is 0.0646. The Morgan fingerprint density at radius 3 is 2.47 bits per heavy atom. The van der Waals surface area contributed by atoms with Crippen molar-refractivity contribution in [1.29, 1.82) is 0 Å². The van der Waals surface area contributed by atoms with E-state index < -0.39 is 5.97 Å². The maximum atomic E-state index is 11.8. The average molecular weight is 300 g/mol. The van der Waals surface area contributed by atoms with E-state index in [-0.39, 0.29) is 17.5 Å². The molecule has 0 fully saturated rings. The van der Waals surface area contributed by atoms with Gasteiger partial charge in [0, 0.05) is 16.1 Å². The van der Waals surface area contributed by atoms with Crippen LogP contribution in [0.15, 0.2) is 22.7 Å². The zero-order valence-electron chi connectivity index (χ0n) is 9.66. The van der Waals surface area contributed by atoms with Gasteiger partial charge in [-0.1, -0.05) is 22.9 Å². The molecule has 0 spiro atoms. The summed E-state index contributed by atoms with van der Waals surface area (Å²) in [6.07, 6.45) is 0.825. The summed E-state index contributed by atoms with van der Waals surface area (Å²) in [6.45, 7) is 3.86. The van der Waals surface area contributed by atoms with E-state index in [9.17, 15) is 9.59 Å². The van der Waals surface area contributed by atoms with Gasteiger partial charge in [-0.15, -0.1) is 0 Å². The second-order valence-corrected chi connectivity index (χ2v) is 4.73. The van der Waals surface area contributed by atoms with Gasteiger partial charge < -0.3 is 10.4 Å². The Morgan fingerprint density at radius 2 is 1.94 bits per heavy atom. The Bertz CT molecular complexity index is 445. The highest BCUT2D eigenvalue weighted by molar-refractivity contribution is 9.10. The van der Waals surface area contributed by atoms with Gasteiger partial charge in [0.15, 0.2) is 0 Å². The largest absolute Gasteiger partial charge is 0.478 e. The van der Waals surface area contributed by atoms with Gasteiger partial charge in [-0.05, 0) is 31.5 Å².